The van der Waals surface area contributed by atoms with Crippen LogP contribution in [0, 0.1) is 5.82 Å². The van der Waals surface area contributed by atoms with Gasteiger partial charge in [0.15, 0.2) is 0 Å². The summed E-state index contributed by atoms with van der Waals surface area (Å²) in [7, 11) is 0. The van der Waals surface area contributed by atoms with E-state index in [4.69, 9.17) is 9.47 Å². The maximum Gasteiger partial charge on any atom is 0.252 e. The van der Waals surface area contributed by atoms with Gasteiger partial charge in [-0.15, -0.1) is 0 Å². The number of benzene rings is 1. The lowest BCUT2D eigenvalue weighted by Gasteiger charge is -2.20. The number of amides is 1. The van der Waals surface area contributed by atoms with Crippen LogP contribution in [0.3, 0.4) is 0 Å². The smallest absolute Gasteiger partial charge is 0.252 e. The fraction of sp³-hybridized carbons (Fsp3) is 0.429. The summed E-state index contributed by atoms with van der Waals surface area (Å²) < 4.78 is 25.9. The molecule has 1 saturated heterocycles. The molecule has 1 amide bonds. The molecule has 0 aliphatic carbocycles. The lowest BCUT2D eigenvalue weighted by molar-refractivity contribution is -0.119. The molecule has 1 N–H and O–H groups in total. The largest absolute Gasteiger partial charge is 0.489 e. The fourth-order valence-electron chi connectivity index (χ4n) is 3.36. The highest BCUT2D eigenvalue weighted by Crippen LogP contribution is 2.29. The molecule has 1 aliphatic rings. The number of hydrogen-bond acceptors (Lipinski definition) is 5. The molecule has 2 heterocycles. The molecule has 3 rings (SSSR count). The zero-order valence-corrected chi connectivity index (χ0v) is 16.4. The predicted octanol–water partition coefficient (Wildman–Crippen LogP) is 3.47. The molecule has 1 fully saturated rings. The molecule has 1 aliphatic heterocycles. The average Bonchev–Trinajstić information content (AvgIpc) is 3.12. The Morgan fingerprint density at radius 3 is 2.79 bits per heavy atom. The highest BCUT2D eigenvalue weighted by molar-refractivity contribution is 5.73. The van der Waals surface area contributed by atoms with Crippen molar-refractivity contribution in [1.29, 1.82) is 0 Å². The van der Waals surface area contributed by atoms with Gasteiger partial charge in [0.2, 0.25) is 11.7 Å². The van der Waals surface area contributed by atoms with Gasteiger partial charge < -0.3 is 19.7 Å². The van der Waals surface area contributed by atoms with Crippen LogP contribution in [-0.2, 0) is 4.79 Å². The van der Waals surface area contributed by atoms with E-state index in [-0.39, 0.29) is 23.9 Å². The van der Waals surface area contributed by atoms with Crippen LogP contribution >= 0.6 is 0 Å². The fourth-order valence-corrected chi connectivity index (χ4v) is 3.36. The van der Waals surface area contributed by atoms with Crippen LogP contribution in [0.2, 0.25) is 0 Å². The Bertz CT molecular complexity index is 813. The summed E-state index contributed by atoms with van der Waals surface area (Å²) in [6.07, 6.45) is 2.34. The molecule has 1 aromatic heterocycles. The van der Waals surface area contributed by atoms with E-state index in [1.807, 2.05) is 36.1 Å². The van der Waals surface area contributed by atoms with Gasteiger partial charge in [0.25, 0.3) is 5.88 Å². The SMILES string of the molecule is CCOc1nccc(N2CC[C@@H](Oc3ccc([C@H](C)NC(C)=O)cc3)C2)c1F. The number of hydrogen-bond donors (Lipinski definition) is 1. The van der Waals surface area contributed by atoms with Crippen LogP contribution < -0.4 is 19.7 Å². The Labute approximate surface area is 164 Å². The minimum atomic E-state index is -0.429. The molecular formula is C21H26FN3O3. The third-order valence-electron chi connectivity index (χ3n) is 4.71. The number of ether oxygens (including phenoxy) is 2. The van der Waals surface area contributed by atoms with Crippen LogP contribution in [0.4, 0.5) is 10.1 Å². The summed E-state index contributed by atoms with van der Waals surface area (Å²) in [5.74, 6) is 0.306. The number of halogens is 1. The van der Waals surface area contributed by atoms with Gasteiger partial charge in [-0.05, 0) is 37.6 Å². The maximum atomic E-state index is 14.6. The van der Waals surface area contributed by atoms with E-state index < -0.39 is 5.82 Å². The summed E-state index contributed by atoms with van der Waals surface area (Å²) >= 11 is 0. The molecule has 28 heavy (non-hydrogen) atoms. The van der Waals surface area contributed by atoms with Gasteiger partial charge in [-0.25, -0.2) is 4.98 Å². The molecule has 2 aromatic rings. The zero-order valence-electron chi connectivity index (χ0n) is 16.4. The second-order valence-electron chi connectivity index (χ2n) is 6.85. The van der Waals surface area contributed by atoms with E-state index in [0.29, 0.717) is 25.4 Å². The number of nitrogens with zero attached hydrogens (tertiary/aromatic N) is 2. The molecule has 2 atom stereocenters. The van der Waals surface area contributed by atoms with E-state index in [2.05, 4.69) is 10.3 Å². The van der Waals surface area contributed by atoms with Crippen LogP contribution in [0.15, 0.2) is 36.5 Å². The van der Waals surface area contributed by atoms with Crippen molar-refractivity contribution in [3.63, 3.8) is 0 Å². The van der Waals surface area contributed by atoms with E-state index in [1.165, 1.54) is 6.92 Å². The molecular weight excluding hydrogens is 361 g/mol. The lowest BCUT2D eigenvalue weighted by atomic mass is 10.1. The van der Waals surface area contributed by atoms with E-state index >= 15 is 0 Å². The summed E-state index contributed by atoms with van der Waals surface area (Å²) in [6.45, 7) is 6.91. The van der Waals surface area contributed by atoms with Gasteiger partial charge in [-0.2, -0.15) is 4.39 Å². The predicted molar refractivity (Wildman–Crippen MR) is 105 cm³/mol. The number of nitrogens with one attached hydrogen (secondary N) is 1. The lowest BCUT2D eigenvalue weighted by Crippen LogP contribution is -2.25. The Balaban J connectivity index is 1.61. The quantitative estimate of drug-likeness (QED) is 0.788. The van der Waals surface area contributed by atoms with Crippen molar-refractivity contribution in [2.75, 3.05) is 24.6 Å². The first-order chi connectivity index (χ1) is 13.5. The molecule has 150 valence electrons. The topological polar surface area (TPSA) is 63.7 Å². The van der Waals surface area contributed by atoms with Crippen LogP contribution in [-0.4, -0.2) is 36.7 Å². The second kappa shape index (κ2) is 8.91. The van der Waals surface area contributed by atoms with Crippen molar-refractivity contribution in [3.8, 4) is 11.6 Å². The zero-order chi connectivity index (χ0) is 20.1. The summed E-state index contributed by atoms with van der Waals surface area (Å²) in [5.41, 5.74) is 1.50. The Kier molecular flexibility index (Phi) is 6.34. The minimum Gasteiger partial charge on any atom is -0.489 e. The molecule has 0 radical (unpaired) electrons. The van der Waals surface area contributed by atoms with Crippen molar-refractivity contribution < 1.29 is 18.7 Å². The Morgan fingerprint density at radius 2 is 2.11 bits per heavy atom. The van der Waals surface area contributed by atoms with Crippen molar-refractivity contribution in [1.82, 2.24) is 10.3 Å². The molecule has 6 nitrogen and oxygen atoms in total. The standard InChI is InChI=1S/C21H26FN3O3/c1-4-27-21-20(22)19(9-11-23-21)25-12-10-18(13-25)28-17-7-5-16(6-8-17)14(2)24-15(3)26/h5-9,11,14,18H,4,10,12-13H2,1-3H3,(H,24,26)/t14-,18+/m0/s1. The molecule has 0 saturated carbocycles. The highest BCUT2D eigenvalue weighted by Gasteiger charge is 2.27. The van der Waals surface area contributed by atoms with Crippen molar-refractivity contribution in [3.05, 3.63) is 47.9 Å². The Hall–Kier alpha value is -2.83. The third-order valence-corrected chi connectivity index (χ3v) is 4.71. The van der Waals surface area contributed by atoms with E-state index in [0.717, 1.165) is 17.7 Å². The van der Waals surface area contributed by atoms with Gasteiger partial charge in [0.1, 0.15) is 11.9 Å². The van der Waals surface area contributed by atoms with E-state index in [9.17, 15) is 9.18 Å². The third kappa shape index (κ3) is 4.71. The normalized spacial score (nSPS) is 17.3. The Morgan fingerprint density at radius 1 is 1.36 bits per heavy atom. The molecule has 0 bridgehead atoms. The monoisotopic (exact) mass is 387 g/mol. The van der Waals surface area contributed by atoms with E-state index in [1.54, 1.807) is 19.2 Å². The van der Waals surface area contributed by atoms with Gasteiger partial charge >= 0.3 is 0 Å². The molecule has 1 aromatic carbocycles. The van der Waals surface area contributed by atoms with Gasteiger partial charge in [-0.1, -0.05) is 12.1 Å². The van der Waals surface area contributed by atoms with Gasteiger partial charge in [-0.3, -0.25) is 4.79 Å². The summed E-state index contributed by atoms with van der Waals surface area (Å²) in [6, 6.07) is 9.30. The number of anilines is 1. The number of rotatable bonds is 7. The molecule has 0 spiro atoms. The number of carbonyl (C=O) groups excluding carboxylic acids is 1. The minimum absolute atomic E-state index is 0.0262. The van der Waals surface area contributed by atoms with Gasteiger partial charge in [0, 0.05) is 26.1 Å². The van der Waals surface area contributed by atoms with Crippen LogP contribution in [0.5, 0.6) is 11.6 Å². The first-order valence-electron chi connectivity index (χ1n) is 9.54. The number of carbonyl (C=O) groups is 1. The van der Waals surface area contributed by atoms with Crippen molar-refractivity contribution in [2.24, 2.45) is 0 Å². The van der Waals surface area contributed by atoms with Crippen molar-refractivity contribution in [2.45, 2.75) is 39.3 Å². The van der Waals surface area contributed by atoms with Gasteiger partial charge in [0.05, 0.1) is 24.9 Å². The summed E-state index contributed by atoms with van der Waals surface area (Å²) in [4.78, 5) is 17.1. The first kappa shape index (κ1) is 19.9. The highest BCUT2D eigenvalue weighted by atomic mass is 19.1. The molecule has 7 heteroatoms. The van der Waals surface area contributed by atoms with Crippen LogP contribution in [0.25, 0.3) is 0 Å². The van der Waals surface area contributed by atoms with Crippen LogP contribution in [0.1, 0.15) is 38.8 Å². The summed E-state index contributed by atoms with van der Waals surface area (Å²) in [5, 5.41) is 2.86. The maximum absolute atomic E-state index is 14.6. The number of pyridine rings is 1. The average molecular weight is 387 g/mol. The number of aromatic nitrogens is 1. The molecule has 0 unspecified atom stereocenters. The second-order valence-corrected chi connectivity index (χ2v) is 6.85. The first-order valence-corrected chi connectivity index (χ1v) is 9.54. The van der Waals surface area contributed by atoms with Crippen molar-refractivity contribution >= 4 is 11.6 Å².